The topological polar surface area (TPSA) is 117 Å². The SMILES string of the molecule is CC1=NN(C(N)=O)C(C)=NN1C(N)=O. The van der Waals surface area contributed by atoms with E-state index in [1.807, 2.05) is 0 Å². The summed E-state index contributed by atoms with van der Waals surface area (Å²) < 4.78 is 0. The van der Waals surface area contributed by atoms with Gasteiger partial charge < -0.3 is 11.5 Å². The number of hydrazone groups is 2. The van der Waals surface area contributed by atoms with E-state index in [-0.39, 0.29) is 11.7 Å². The molecule has 14 heavy (non-hydrogen) atoms. The maximum atomic E-state index is 10.8. The molecule has 0 aliphatic carbocycles. The second kappa shape index (κ2) is 3.32. The first kappa shape index (κ1) is 9.96. The summed E-state index contributed by atoms with van der Waals surface area (Å²) in [6, 6.07) is -1.54. The van der Waals surface area contributed by atoms with Crippen LogP contribution in [0, 0.1) is 0 Å². The van der Waals surface area contributed by atoms with Crippen molar-refractivity contribution >= 4 is 23.7 Å². The lowest BCUT2D eigenvalue weighted by Crippen LogP contribution is -2.46. The molecule has 8 nitrogen and oxygen atoms in total. The van der Waals surface area contributed by atoms with Crippen molar-refractivity contribution in [2.45, 2.75) is 13.8 Å². The Balaban J connectivity index is 3.01. The van der Waals surface area contributed by atoms with Crippen LogP contribution in [0.15, 0.2) is 10.2 Å². The minimum atomic E-state index is -0.769. The average molecular weight is 198 g/mol. The van der Waals surface area contributed by atoms with Crippen LogP contribution in [0.25, 0.3) is 0 Å². The molecule has 1 aliphatic heterocycles. The number of carbonyl (C=O) groups is 2. The average Bonchev–Trinajstić information content (AvgIpc) is 2.07. The first-order chi connectivity index (χ1) is 6.43. The van der Waals surface area contributed by atoms with Gasteiger partial charge in [0.1, 0.15) is 0 Å². The molecule has 0 atom stereocenters. The normalized spacial score (nSPS) is 16.1. The molecule has 4 amide bonds. The van der Waals surface area contributed by atoms with Crippen molar-refractivity contribution in [2.24, 2.45) is 21.7 Å². The van der Waals surface area contributed by atoms with Crippen LogP contribution >= 0.6 is 0 Å². The number of hydrogen-bond donors (Lipinski definition) is 2. The first-order valence-electron chi connectivity index (χ1n) is 3.73. The Kier molecular flexibility index (Phi) is 2.36. The Labute approximate surface area is 79.8 Å². The van der Waals surface area contributed by atoms with Gasteiger partial charge in [0.25, 0.3) is 0 Å². The number of amidine groups is 2. The molecule has 0 saturated heterocycles. The zero-order valence-corrected chi connectivity index (χ0v) is 7.76. The second-order valence-corrected chi connectivity index (χ2v) is 2.59. The number of carbonyl (C=O) groups excluding carboxylic acids is 2. The van der Waals surface area contributed by atoms with Gasteiger partial charge in [-0.25, -0.2) is 9.59 Å². The third-order valence-corrected chi connectivity index (χ3v) is 1.52. The summed E-state index contributed by atoms with van der Waals surface area (Å²) in [5.74, 6) is 0.365. The van der Waals surface area contributed by atoms with Gasteiger partial charge in [0, 0.05) is 0 Å². The van der Waals surface area contributed by atoms with E-state index in [2.05, 4.69) is 10.2 Å². The molecular formula is C6H10N6O2. The molecule has 8 heteroatoms. The van der Waals surface area contributed by atoms with Crippen LogP contribution < -0.4 is 11.5 Å². The minimum absolute atomic E-state index is 0.182. The molecule has 76 valence electrons. The standard InChI is InChI=1S/C6H10N6O2/c1-3-9-12(6(8)14)4(2)10-11(3)5(7)13/h1-2H3,(H2,7,13)(H2,8,14). The summed E-state index contributed by atoms with van der Waals surface area (Å²) in [4.78, 5) is 21.6. The number of rotatable bonds is 0. The van der Waals surface area contributed by atoms with Gasteiger partial charge in [0.15, 0.2) is 11.7 Å². The zero-order valence-electron chi connectivity index (χ0n) is 7.76. The Hall–Kier alpha value is -2.12. The number of nitrogens with two attached hydrogens (primary N) is 2. The van der Waals surface area contributed by atoms with Gasteiger partial charge in [-0.05, 0) is 13.8 Å². The fourth-order valence-electron chi connectivity index (χ4n) is 0.936. The van der Waals surface area contributed by atoms with Gasteiger partial charge in [-0.1, -0.05) is 0 Å². The van der Waals surface area contributed by atoms with Crippen LogP contribution in [-0.4, -0.2) is 33.8 Å². The smallest absolute Gasteiger partial charge is 0.341 e. The summed E-state index contributed by atoms with van der Waals surface area (Å²) in [6.45, 7) is 2.97. The van der Waals surface area contributed by atoms with E-state index in [4.69, 9.17) is 11.5 Å². The maximum Gasteiger partial charge on any atom is 0.341 e. The quantitative estimate of drug-likeness (QED) is 0.542. The van der Waals surface area contributed by atoms with Crippen LogP contribution in [0.2, 0.25) is 0 Å². The Bertz CT molecular complexity index is 312. The Morgan fingerprint density at radius 3 is 1.50 bits per heavy atom. The molecule has 1 heterocycles. The fourth-order valence-corrected chi connectivity index (χ4v) is 0.936. The van der Waals surface area contributed by atoms with Crippen LogP contribution in [0.3, 0.4) is 0 Å². The van der Waals surface area contributed by atoms with Crippen LogP contribution in [0.4, 0.5) is 9.59 Å². The highest BCUT2D eigenvalue weighted by molar-refractivity contribution is 6.03. The molecule has 4 N–H and O–H groups in total. The van der Waals surface area contributed by atoms with Gasteiger partial charge in [-0.3, -0.25) is 0 Å². The fraction of sp³-hybridized carbons (Fsp3) is 0.333. The van der Waals surface area contributed by atoms with Crippen molar-refractivity contribution in [2.75, 3.05) is 0 Å². The number of urea groups is 2. The van der Waals surface area contributed by atoms with Gasteiger partial charge in [0.05, 0.1) is 0 Å². The van der Waals surface area contributed by atoms with Gasteiger partial charge in [0.2, 0.25) is 0 Å². The lowest BCUT2D eigenvalue weighted by Gasteiger charge is -2.24. The Morgan fingerprint density at radius 1 is 1.00 bits per heavy atom. The van der Waals surface area contributed by atoms with Crippen molar-refractivity contribution in [1.82, 2.24) is 10.0 Å². The third kappa shape index (κ3) is 1.63. The molecule has 0 saturated carbocycles. The van der Waals surface area contributed by atoms with Crippen molar-refractivity contribution in [3.8, 4) is 0 Å². The summed E-state index contributed by atoms with van der Waals surface area (Å²) >= 11 is 0. The largest absolute Gasteiger partial charge is 0.350 e. The minimum Gasteiger partial charge on any atom is -0.350 e. The molecule has 0 aromatic heterocycles. The molecule has 1 aliphatic rings. The molecule has 0 unspecified atom stereocenters. The van der Waals surface area contributed by atoms with Crippen LogP contribution in [-0.2, 0) is 0 Å². The number of nitrogens with zero attached hydrogens (tertiary/aromatic N) is 4. The predicted molar refractivity (Wildman–Crippen MR) is 49.1 cm³/mol. The Morgan fingerprint density at radius 2 is 1.29 bits per heavy atom. The number of hydrogen-bond acceptors (Lipinski definition) is 4. The van der Waals surface area contributed by atoms with Crippen molar-refractivity contribution < 1.29 is 9.59 Å². The summed E-state index contributed by atoms with van der Waals surface area (Å²) in [6.07, 6.45) is 0. The van der Waals surface area contributed by atoms with Crippen molar-refractivity contribution in [3.05, 3.63) is 0 Å². The van der Waals surface area contributed by atoms with E-state index >= 15 is 0 Å². The summed E-state index contributed by atoms with van der Waals surface area (Å²) in [7, 11) is 0. The highest BCUT2D eigenvalue weighted by Crippen LogP contribution is 2.06. The van der Waals surface area contributed by atoms with E-state index < -0.39 is 12.1 Å². The van der Waals surface area contributed by atoms with E-state index in [1.165, 1.54) is 13.8 Å². The van der Waals surface area contributed by atoms with Gasteiger partial charge >= 0.3 is 12.1 Å². The maximum absolute atomic E-state index is 10.8. The van der Waals surface area contributed by atoms with Gasteiger partial charge in [-0.2, -0.15) is 10.0 Å². The summed E-state index contributed by atoms with van der Waals surface area (Å²) in [5, 5.41) is 9.24. The zero-order chi connectivity index (χ0) is 10.9. The molecule has 0 spiro atoms. The number of amides is 4. The van der Waals surface area contributed by atoms with Crippen molar-refractivity contribution in [1.29, 1.82) is 0 Å². The van der Waals surface area contributed by atoms with Crippen LogP contribution in [0.5, 0.6) is 0 Å². The molecular weight excluding hydrogens is 188 g/mol. The molecule has 0 fully saturated rings. The predicted octanol–water partition coefficient (Wildman–Crippen LogP) is -0.572. The first-order valence-corrected chi connectivity index (χ1v) is 3.73. The summed E-state index contributed by atoms with van der Waals surface area (Å²) in [5.41, 5.74) is 10.0. The van der Waals surface area contributed by atoms with Gasteiger partial charge in [-0.15, -0.1) is 10.2 Å². The number of primary amides is 2. The molecule has 0 aromatic carbocycles. The van der Waals surface area contributed by atoms with Crippen molar-refractivity contribution in [3.63, 3.8) is 0 Å². The molecule has 0 bridgehead atoms. The molecule has 1 rings (SSSR count). The lowest BCUT2D eigenvalue weighted by atomic mass is 10.5. The monoisotopic (exact) mass is 198 g/mol. The van der Waals surface area contributed by atoms with E-state index in [9.17, 15) is 9.59 Å². The lowest BCUT2D eigenvalue weighted by molar-refractivity contribution is 0.219. The van der Waals surface area contributed by atoms with E-state index in [1.54, 1.807) is 0 Å². The highest BCUT2D eigenvalue weighted by atomic mass is 16.2. The van der Waals surface area contributed by atoms with E-state index in [0.717, 1.165) is 10.0 Å². The highest BCUT2D eigenvalue weighted by Gasteiger charge is 2.23. The molecule has 0 aromatic rings. The second-order valence-electron chi connectivity index (χ2n) is 2.59. The molecule has 0 radical (unpaired) electrons. The third-order valence-electron chi connectivity index (χ3n) is 1.52. The van der Waals surface area contributed by atoms with E-state index in [0.29, 0.717) is 0 Å². The van der Waals surface area contributed by atoms with Crippen LogP contribution in [0.1, 0.15) is 13.8 Å².